The average molecular weight is 279 g/mol. The van der Waals surface area contributed by atoms with Gasteiger partial charge in [0.2, 0.25) is 0 Å². The maximum Gasteiger partial charge on any atom is 0.407 e. The van der Waals surface area contributed by atoms with Crippen molar-refractivity contribution in [2.75, 3.05) is 20.2 Å². The number of aliphatic hydroxyl groups is 1. The van der Waals surface area contributed by atoms with Gasteiger partial charge in [0.05, 0.1) is 13.2 Å². The van der Waals surface area contributed by atoms with Crippen molar-refractivity contribution < 1.29 is 24.5 Å². The minimum Gasteiger partial charge on any atom is -0.468 e. The summed E-state index contributed by atoms with van der Waals surface area (Å²) < 4.78 is 4.73. The number of carbonyl (C=O) groups excluding carboxylic acids is 1. The molecule has 6 heteroatoms. The van der Waals surface area contributed by atoms with Crippen LogP contribution in [0.5, 0.6) is 0 Å². The molecule has 0 saturated carbocycles. The molecule has 0 radical (unpaired) electrons. The Labute approximate surface area is 116 Å². The maximum absolute atomic E-state index is 11.9. The van der Waals surface area contributed by atoms with Gasteiger partial charge in [0.15, 0.2) is 0 Å². The first-order chi connectivity index (χ1) is 9.49. The van der Waals surface area contributed by atoms with Crippen molar-refractivity contribution in [3.05, 3.63) is 35.9 Å². The Morgan fingerprint density at radius 2 is 1.95 bits per heavy atom. The Bertz CT molecular complexity index is 496. The Morgan fingerprint density at radius 1 is 1.35 bits per heavy atom. The second-order valence-electron chi connectivity index (χ2n) is 4.99. The predicted octanol–water partition coefficient (Wildman–Crippen LogP) is 0.743. The zero-order valence-electron chi connectivity index (χ0n) is 11.2. The van der Waals surface area contributed by atoms with Crippen LogP contribution in [0.25, 0.3) is 0 Å². The molecule has 1 unspecified atom stereocenters. The van der Waals surface area contributed by atoms with Crippen LogP contribution in [-0.4, -0.2) is 53.5 Å². The standard InChI is InChI=1S/C14H17NO5/c1-20-12(17)14(8-15(9-14)13(18)19)11(16)7-10-5-3-2-4-6-10/h2-6,11,16H,7-9H2,1H3,(H,18,19). The summed E-state index contributed by atoms with van der Waals surface area (Å²) in [5.74, 6) is -0.571. The second kappa shape index (κ2) is 5.50. The highest BCUT2D eigenvalue weighted by Gasteiger charge is 2.56. The van der Waals surface area contributed by atoms with Gasteiger partial charge >= 0.3 is 12.1 Å². The lowest BCUT2D eigenvalue weighted by Crippen LogP contribution is -2.67. The van der Waals surface area contributed by atoms with Crippen molar-refractivity contribution in [1.82, 2.24) is 4.90 Å². The van der Waals surface area contributed by atoms with Crippen LogP contribution in [0.2, 0.25) is 0 Å². The number of carbonyl (C=O) groups is 2. The van der Waals surface area contributed by atoms with E-state index in [9.17, 15) is 14.7 Å². The molecule has 0 bridgehead atoms. The fourth-order valence-electron chi connectivity index (χ4n) is 2.48. The predicted molar refractivity (Wildman–Crippen MR) is 70.2 cm³/mol. The molecule has 1 amide bonds. The monoisotopic (exact) mass is 279 g/mol. The highest BCUT2D eigenvalue weighted by Crippen LogP contribution is 2.37. The Balaban J connectivity index is 2.12. The van der Waals surface area contributed by atoms with Gasteiger partial charge in [-0.25, -0.2) is 4.79 Å². The van der Waals surface area contributed by atoms with Crippen LogP contribution in [0, 0.1) is 5.41 Å². The van der Waals surface area contributed by atoms with E-state index in [4.69, 9.17) is 9.84 Å². The maximum atomic E-state index is 11.9. The zero-order valence-corrected chi connectivity index (χ0v) is 11.2. The van der Waals surface area contributed by atoms with Crippen molar-refractivity contribution in [1.29, 1.82) is 0 Å². The van der Waals surface area contributed by atoms with E-state index in [2.05, 4.69) is 0 Å². The number of rotatable bonds is 4. The van der Waals surface area contributed by atoms with Crippen LogP contribution in [0.3, 0.4) is 0 Å². The van der Waals surface area contributed by atoms with Crippen molar-refractivity contribution in [3.8, 4) is 0 Å². The minimum atomic E-state index is -1.16. The number of esters is 1. The number of benzene rings is 1. The minimum absolute atomic E-state index is 0.0387. The Kier molecular flexibility index (Phi) is 3.94. The quantitative estimate of drug-likeness (QED) is 0.794. The summed E-state index contributed by atoms with van der Waals surface area (Å²) >= 11 is 0. The lowest BCUT2D eigenvalue weighted by Gasteiger charge is -2.48. The Hall–Kier alpha value is -2.08. The molecule has 1 aliphatic rings. The molecule has 20 heavy (non-hydrogen) atoms. The summed E-state index contributed by atoms with van der Waals surface area (Å²) in [6.45, 7) is -0.0774. The van der Waals surface area contributed by atoms with Crippen LogP contribution in [-0.2, 0) is 16.0 Å². The summed E-state index contributed by atoms with van der Waals surface area (Å²) in [4.78, 5) is 23.9. The first-order valence-electron chi connectivity index (χ1n) is 6.28. The van der Waals surface area contributed by atoms with Gasteiger partial charge in [-0.15, -0.1) is 0 Å². The molecular weight excluding hydrogens is 262 g/mol. The first-order valence-corrected chi connectivity index (χ1v) is 6.28. The van der Waals surface area contributed by atoms with Crippen LogP contribution >= 0.6 is 0 Å². The first kappa shape index (κ1) is 14.3. The summed E-state index contributed by atoms with van der Waals surface area (Å²) in [7, 11) is 1.24. The Morgan fingerprint density at radius 3 is 2.45 bits per heavy atom. The molecule has 2 rings (SSSR count). The normalized spacial score (nSPS) is 18.0. The van der Waals surface area contributed by atoms with Gasteiger partial charge < -0.3 is 19.8 Å². The third-order valence-electron chi connectivity index (χ3n) is 3.72. The SMILES string of the molecule is COC(=O)C1(C(O)Cc2ccccc2)CN(C(=O)O)C1. The summed E-state index contributed by atoms with van der Waals surface area (Å²) in [5.41, 5.74) is -0.278. The highest BCUT2D eigenvalue weighted by molar-refractivity contribution is 5.82. The summed E-state index contributed by atoms with van der Waals surface area (Å²) in [5, 5.41) is 19.2. The van der Waals surface area contributed by atoms with Crippen molar-refractivity contribution >= 4 is 12.1 Å². The molecule has 1 aliphatic heterocycles. The number of ether oxygens (including phenoxy) is 1. The van der Waals surface area contributed by atoms with Gasteiger partial charge in [-0.2, -0.15) is 0 Å². The summed E-state index contributed by atoms with van der Waals surface area (Å²) in [6.07, 6.45) is -1.80. The van der Waals surface area contributed by atoms with Crippen LogP contribution < -0.4 is 0 Å². The highest BCUT2D eigenvalue weighted by atomic mass is 16.5. The molecule has 108 valence electrons. The van der Waals surface area contributed by atoms with Crippen LogP contribution in [0.15, 0.2) is 30.3 Å². The van der Waals surface area contributed by atoms with Gasteiger partial charge in [0.1, 0.15) is 5.41 Å². The fourth-order valence-corrected chi connectivity index (χ4v) is 2.48. The van der Waals surface area contributed by atoms with Gasteiger partial charge in [0, 0.05) is 13.1 Å². The molecule has 1 saturated heterocycles. The molecular formula is C14H17NO5. The largest absolute Gasteiger partial charge is 0.468 e. The van der Waals surface area contributed by atoms with E-state index >= 15 is 0 Å². The smallest absolute Gasteiger partial charge is 0.407 e. The number of nitrogens with zero attached hydrogens (tertiary/aromatic N) is 1. The van der Waals surface area contributed by atoms with Crippen molar-refractivity contribution in [2.24, 2.45) is 5.41 Å². The molecule has 1 aromatic carbocycles. The summed E-state index contributed by atoms with van der Waals surface area (Å²) in [6, 6.07) is 9.25. The number of aliphatic hydroxyl groups excluding tert-OH is 1. The van der Waals surface area contributed by atoms with E-state index in [1.165, 1.54) is 7.11 Å². The van der Waals surface area contributed by atoms with Crippen molar-refractivity contribution in [2.45, 2.75) is 12.5 Å². The number of hydrogen-bond donors (Lipinski definition) is 2. The average Bonchev–Trinajstić information content (AvgIpc) is 2.37. The fraction of sp³-hybridized carbons (Fsp3) is 0.429. The van der Waals surface area contributed by atoms with Crippen LogP contribution in [0.4, 0.5) is 4.79 Å². The molecule has 0 aromatic heterocycles. The second-order valence-corrected chi connectivity index (χ2v) is 4.99. The van der Waals surface area contributed by atoms with Gasteiger partial charge in [0.25, 0.3) is 0 Å². The van der Waals surface area contributed by atoms with Crippen molar-refractivity contribution in [3.63, 3.8) is 0 Å². The number of hydrogen-bond acceptors (Lipinski definition) is 4. The molecule has 2 N–H and O–H groups in total. The lowest BCUT2D eigenvalue weighted by atomic mass is 9.73. The number of methoxy groups -OCH3 is 1. The molecule has 1 aromatic rings. The number of carboxylic acid groups (broad SMARTS) is 1. The molecule has 0 aliphatic carbocycles. The van der Waals surface area contributed by atoms with E-state index in [1.807, 2.05) is 30.3 Å². The topological polar surface area (TPSA) is 87.1 Å². The van der Waals surface area contributed by atoms with Crippen LogP contribution in [0.1, 0.15) is 5.56 Å². The van der Waals surface area contributed by atoms with Gasteiger partial charge in [-0.05, 0) is 12.0 Å². The van der Waals surface area contributed by atoms with Gasteiger partial charge in [-0.1, -0.05) is 30.3 Å². The molecule has 6 nitrogen and oxygen atoms in total. The van der Waals surface area contributed by atoms with E-state index in [1.54, 1.807) is 0 Å². The zero-order chi connectivity index (χ0) is 14.8. The molecule has 1 fully saturated rings. The third kappa shape index (κ3) is 2.46. The lowest BCUT2D eigenvalue weighted by molar-refractivity contribution is -0.175. The van der Waals surface area contributed by atoms with E-state index < -0.39 is 23.6 Å². The van der Waals surface area contributed by atoms with E-state index in [0.29, 0.717) is 0 Å². The number of likely N-dealkylation sites (tertiary alicyclic amines) is 1. The van der Waals surface area contributed by atoms with E-state index in [0.717, 1.165) is 10.5 Å². The third-order valence-corrected chi connectivity index (χ3v) is 3.72. The number of amides is 1. The van der Waals surface area contributed by atoms with E-state index in [-0.39, 0.29) is 19.5 Å². The molecule has 1 heterocycles. The van der Waals surface area contributed by atoms with Gasteiger partial charge in [-0.3, -0.25) is 4.79 Å². The molecule has 1 atom stereocenters. The molecule has 0 spiro atoms.